The molecule has 0 atom stereocenters. The lowest BCUT2D eigenvalue weighted by molar-refractivity contribution is 0.0501. The van der Waals surface area contributed by atoms with E-state index in [4.69, 9.17) is 4.74 Å². The Labute approximate surface area is 107 Å². The zero-order chi connectivity index (χ0) is 13.1. The van der Waals surface area contributed by atoms with Crippen molar-refractivity contribution < 1.29 is 9.53 Å². The maximum atomic E-state index is 12.1. The second kappa shape index (κ2) is 5.21. The Kier molecular flexibility index (Phi) is 3.65. The van der Waals surface area contributed by atoms with Crippen LogP contribution in [0.5, 0.6) is 0 Å². The van der Waals surface area contributed by atoms with Gasteiger partial charge in [0.05, 0.1) is 12.2 Å². The highest BCUT2D eigenvalue weighted by Gasteiger charge is 2.19. The molecule has 18 heavy (non-hydrogen) atoms. The van der Waals surface area contributed by atoms with Crippen LogP contribution in [0.4, 0.5) is 0 Å². The number of nitrogens with zero attached hydrogens (tertiary/aromatic N) is 2. The van der Waals surface area contributed by atoms with E-state index in [-0.39, 0.29) is 5.97 Å². The van der Waals surface area contributed by atoms with E-state index in [0.29, 0.717) is 12.2 Å². The number of unbranched alkanes of at least 4 members (excludes halogenated alkanes) is 1. The third-order valence-electron chi connectivity index (χ3n) is 3.17. The molecule has 0 spiro atoms. The number of rotatable bonds is 4. The van der Waals surface area contributed by atoms with E-state index in [1.54, 1.807) is 6.20 Å². The molecule has 0 radical (unpaired) electrons. The predicted octanol–water partition coefficient (Wildman–Crippen LogP) is 2.84. The number of carbonyl (C=O) groups is 1. The van der Waals surface area contributed by atoms with Crippen molar-refractivity contribution in [1.29, 1.82) is 0 Å². The number of pyridine rings is 1. The Morgan fingerprint density at radius 2 is 2.28 bits per heavy atom. The fourth-order valence-electron chi connectivity index (χ4n) is 2.02. The van der Waals surface area contributed by atoms with Gasteiger partial charge in [0.15, 0.2) is 0 Å². The SMILES string of the molecule is CCCCOC(=O)c1c(C)n(C)c2ncccc12. The van der Waals surface area contributed by atoms with Crippen LogP contribution in [0, 0.1) is 6.92 Å². The Hall–Kier alpha value is -1.84. The summed E-state index contributed by atoms with van der Waals surface area (Å²) in [5.74, 6) is -0.250. The normalized spacial score (nSPS) is 10.8. The van der Waals surface area contributed by atoms with Crippen LogP contribution >= 0.6 is 0 Å². The molecule has 0 unspecified atom stereocenters. The van der Waals surface area contributed by atoms with Gasteiger partial charge in [-0.15, -0.1) is 0 Å². The van der Waals surface area contributed by atoms with Gasteiger partial charge in [0.2, 0.25) is 0 Å². The second-order valence-corrected chi connectivity index (χ2v) is 4.38. The molecule has 0 aliphatic heterocycles. The Bertz CT molecular complexity index is 572. The van der Waals surface area contributed by atoms with Crippen molar-refractivity contribution >= 4 is 17.0 Å². The minimum absolute atomic E-state index is 0.250. The first kappa shape index (κ1) is 12.6. The molecule has 0 aliphatic carbocycles. The molecule has 96 valence electrons. The summed E-state index contributed by atoms with van der Waals surface area (Å²) in [6.07, 6.45) is 3.64. The molecular formula is C14H18N2O2. The minimum Gasteiger partial charge on any atom is -0.462 e. The van der Waals surface area contributed by atoms with Crippen LogP contribution in [0.15, 0.2) is 18.3 Å². The quantitative estimate of drug-likeness (QED) is 0.615. The minimum atomic E-state index is -0.250. The summed E-state index contributed by atoms with van der Waals surface area (Å²) in [5, 5.41) is 0.860. The van der Waals surface area contributed by atoms with Crippen LogP contribution in [-0.4, -0.2) is 22.1 Å². The van der Waals surface area contributed by atoms with Crippen LogP contribution in [-0.2, 0) is 11.8 Å². The summed E-state index contributed by atoms with van der Waals surface area (Å²) in [7, 11) is 1.91. The lowest BCUT2D eigenvalue weighted by Crippen LogP contribution is -2.08. The van der Waals surface area contributed by atoms with Crippen molar-refractivity contribution in [1.82, 2.24) is 9.55 Å². The molecule has 0 aromatic carbocycles. The van der Waals surface area contributed by atoms with Gasteiger partial charge >= 0.3 is 5.97 Å². The number of aromatic nitrogens is 2. The molecule has 4 heteroatoms. The molecule has 0 N–H and O–H groups in total. The molecule has 0 aliphatic rings. The smallest absolute Gasteiger partial charge is 0.340 e. The summed E-state index contributed by atoms with van der Waals surface area (Å²) in [6, 6.07) is 3.75. The average molecular weight is 246 g/mol. The van der Waals surface area contributed by atoms with Crippen molar-refractivity contribution in [2.24, 2.45) is 7.05 Å². The molecule has 4 nitrogen and oxygen atoms in total. The number of esters is 1. The third-order valence-corrected chi connectivity index (χ3v) is 3.17. The molecule has 0 bridgehead atoms. The van der Waals surface area contributed by atoms with Gasteiger partial charge in [0.1, 0.15) is 5.65 Å². The zero-order valence-corrected chi connectivity index (χ0v) is 11.1. The van der Waals surface area contributed by atoms with Gasteiger partial charge in [-0.1, -0.05) is 13.3 Å². The number of carbonyl (C=O) groups excluding carboxylic acids is 1. The Balaban J connectivity index is 2.38. The number of fused-ring (bicyclic) bond motifs is 1. The van der Waals surface area contributed by atoms with E-state index >= 15 is 0 Å². The summed E-state index contributed by atoms with van der Waals surface area (Å²) < 4.78 is 7.21. The number of ether oxygens (including phenoxy) is 1. The summed E-state index contributed by atoms with van der Waals surface area (Å²) in [5.41, 5.74) is 2.35. The molecule has 0 saturated carbocycles. The maximum Gasteiger partial charge on any atom is 0.340 e. The average Bonchev–Trinajstić information content (AvgIpc) is 2.63. The Morgan fingerprint density at radius 3 is 3.00 bits per heavy atom. The first-order valence-corrected chi connectivity index (χ1v) is 6.24. The monoisotopic (exact) mass is 246 g/mol. The van der Waals surface area contributed by atoms with Gasteiger partial charge in [0.25, 0.3) is 0 Å². The van der Waals surface area contributed by atoms with Crippen molar-refractivity contribution in [3.05, 3.63) is 29.6 Å². The fourth-order valence-corrected chi connectivity index (χ4v) is 2.02. The lowest BCUT2D eigenvalue weighted by atomic mass is 10.2. The van der Waals surface area contributed by atoms with E-state index in [1.165, 1.54) is 0 Å². The van der Waals surface area contributed by atoms with Gasteiger partial charge in [-0.2, -0.15) is 0 Å². The fraction of sp³-hybridized carbons (Fsp3) is 0.429. The maximum absolute atomic E-state index is 12.1. The third kappa shape index (κ3) is 2.10. The van der Waals surface area contributed by atoms with Crippen LogP contribution in [0.3, 0.4) is 0 Å². The van der Waals surface area contributed by atoms with Crippen LogP contribution in [0.1, 0.15) is 35.8 Å². The highest BCUT2D eigenvalue weighted by molar-refractivity contribution is 6.04. The van der Waals surface area contributed by atoms with E-state index in [9.17, 15) is 4.79 Å². The summed E-state index contributed by atoms with van der Waals surface area (Å²) in [6.45, 7) is 4.46. The molecule has 2 heterocycles. The standard InChI is InChI=1S/C14H18N2O2/c1-4-5-9-18-14(17)12-10(2)16(3)13-11(12)7-6-8-15-13/h6-8H,4-5,9H2,1-3H3. The van der Waals surface area contributed by atoms with Crippen molar-refractivity contribution in [2.45, 2.75) is 26.7 Å². The highest BCUT2D eigenvalue weighted by atomic mass is 16.5. The van der Waals surface area contributed by atoms with E-state index in [1.807, 2.05) is 30.7 Å². The Morgan fingerprint density at radius 1 is 1.50 bits per heavy atom. The van der Waals surface area contributed by atoms with Crippen LogP contribution in [0.25, 0.3) is 11.0 Å². The van der Waals surface area contributed by atoms with E-state index in [2.05, 4.69) is 11.9 Å². The summed E-state index contributed by atoms with van der Waals surface area (Å²) >= 11 is 0. The second-order valence-electron chi connectivity index (χ2n) is 4.38. The van der Waals surface area contributed by atoms with E-state index < -0.39 is 0 Å². The van der Waals surface area contributed by atoms with Crippen molar-refractivity contribution in [3.63, 3.8) is 0 Å². The van der Waals surface area contributed by atoms with Crippen LogP contribution in [0.2, 0.25) is 0 Å². The van der Waals surface area contributed by atoms with Gasteiger partial charge in [-0.05, 0) is 25.5 Å². The first-order chi connectivity index (χ1) is 8.66. The number of aryl methyl sites for hydroxylation is 1. The lowest BCUT2D eigenvalue weighted by Gasteiger charge is -2.04. The van der Waals surface area contributed by atoms with Gasteiger partial charge in [0, 0.05) is 24.3 Å². The molecular weight excluding hydrogens is 228 g/mol. The molecule has 0 saturated heterocycles. The molecule has 0 amide bonds. The topological polar surface area (TPSA) is 44.1 Å². The number of hydrogen-bond donors (Lipinski definition) is 0. The van der Waals surface area contributed by atoms with Crippen LogP contribution < -0.4 is 0 Å². The largest absolute Gasteiger partial charge is 0.462 e. The number of hydrogen-bond acceptors (Lipinski definition) is 3. The molecule has 0 fully saturated rings. The first-order valence-electron chi connectivity index (χ1n) is 6.24. The van der Waals surface area contributed by atoms with Gasteiger partial charge in [-0.3, -0.25) is 0 Å². The van der Waals surface area contributed by atoms with Crippen molar-refractivity contribution in [3.8, 4) is 0 Å². The summed E-state index contributed by atoms with van der Waals surface area (Å²) in [4.78, 5) is 16.4. The van der Waals surface area contributed by atoms with Gasteiger partial charge in [-0.25, -0.2) is 9.78 Å². The molecule has 2 aromatic rings. The van der Waals surface area contributed by atoms with Gasteiger partial charge < -0.3 is 9.30 Å². The predicted molar refractivity (Wildman–Crippen MR) is 70.6 cm³/mol. The highest BCUT2D eigenvalue weighted by Crippen LogP contribution is 2.23. The van der Waals surface area contributed by atoms with Crippen molar-refractivity contribution in [2.75, 3.05) is 6.61 Å². The molecule has 2 rings (SSSR count). The molecule has 2 aromatic heterocycles. The van der Waals surface area contributed by atoms with E-state index in [0.717, 1.165) is 29.6 Å². The zero-order valence-electron chi connectivity index (χ0n) is 11.1.